The van der Waals surface area contributed by atoms with Crippen LogP contribution in [0.4, 0.5) is 0 Å². The van der Waals surface area contributed by atoms with Gasteiger partial charge < -0.3 is 16.2 Å². The van der Waals surface area contributed by atoms with Crippen LogP contribution < -0.4 is 11.1 Å². The van der Waals surface area contributed by atoms with Crippen molar-refractivity contribution in [2.45, 2.75) is 38.8 Å². The highest BCUT2D eigenvalue weighted by atomic mass is 16.3. The zero-order chi connectivity index (χ0) is 9.78. The van der Waals surface area contributed by atoms with Crippen LogP contribution in [0.2, 0.25) is 0 Å². The summed E-state index contributed by atoms with van der Waals surface area (Å²) in [7, 11) is 0. The summed E-state index contributed by atoms with van der Waals surface area (Å²) in [5.41, 5.74) is 4.84. The third-order valence-electron chi connectivity index (χ3n) is 1.90. The van der Waals surface area contributed by atoms with E-state index in [1.54, 1.807) is 13.8 Å². The first kappa shape index (κ1) is 11.4. The highest BCUT2D eigenvalue weighted by molar-refractivity contribution is 5.85. The van der Waals surface area contributed by atoms with Crippen molar-refractivity contribution in [3.05, 3.63) is 0 Å². The molecule has 1 amide bonds. The van der Waals surface area contributed by atoms with Gasteiger partial charge in [0.1, 0.15) is 0 Å². The molecule has 72 valence electrons. The van der Waals surface area contributed by atoms with Gasteiger partial charge in [-0.1, -0.05) is 6.92 Å². The lowest BCUT2D eigenvalue weighted by Gasteiger charge is -2.23. The van der Waals surface area contributed by atoms with Gasteiger partial charge in [-0.25, -0.2) is 0 Å². The van der Waals surface area contributed by atoms with Gasteiger partial charge in [-0.15, -0.1) is 0 Å². The molecular formula is C8H18N2O2. The first-order valence-electron chi connectivity index (χ1n) is 4.14. The van der Waals surface area contributed by atoms with E-state index in [1.165, 1.54) is 0 Å². The maximum Gasteiger partial charge on any atom is 0.240 e. The maximum absolute atomic E-state index is 11.3. The fourth-order valence-electron chi connectivity index (χ4n) is 0.595. The SMILES string of the molecule is CCC(C)(N)C(=O)N[C@H](C)CO. The predicted octanol–water partition coefficient (Wildman–Crippen LogP) is -0.389. The summed E-state index contributed by atoms with van der Waals surface area (Å²) >= 11 is 0. The molecule has 0 aliphatic carbocycles. The lowest BCUT2D eigenvalue weighted by molar-refractivity contribution is -0.126. The van der Waals surface area contributed by atoms with Gasteiger partial charge in [0.2, 0.25) is 5.91 Å². The largest absolute Gasteiger partial charge is 0.394 e. The van der Waals surface area contributed by atoms with Gasteiger partial charge in [-0.3, -0.25) is 4.79 Å². The summed E-state index contributed by atoms with van der Waals surface area (Å²) in [4.78, 5) is 11.3. The Hall–Kier alpha value is -0.610. The molecule has 0 aliphatic rings. The van der Waals surface area contributed by atoms with Crippen LogP contribution >= 0.6 is 0 Å². The van der Waals surface area contributed by atoms with Crippen molar-refractivity contribution in [3.8, 4) is 0 Å². The van der Waals surface area contributed by atoms with E-state index >= 15 is 0 Å². The van der Waals surface area contributed by atoms with Gasteiger partial charge in [-0.2, -0.15) is 0 Å². The number of nitrogens with two attached hydrogens (primary N) is 1. The fourth-order valence-corrected chi connectivity index (χ4v) is 0.595. The fraction of sp³-hybridized carbons (Fsp3) is 0.875. The predicted molar refractivity (Wildman–Crippen MR) is 47.6 cm³/mol. The molecule has 0 aliphatic heterocycles. The number of aliphatic hydroxyl groups excluding tert-OH is 1. The Morgan fingerprint density at radius 3 is 2.58 bits per heavy atom. The molecule has 0 rings (SSSR count). The summed E-state index contributed by atoms with van der Waals surface area (Å²) in [5.74, 6) is -0.216. The molecule has 4 nitrogen and oxygen atoms in total. The van der Waals surface area contributed by atoms with Crippen molar-refractivity contribution in [1.29, 1.82) is 0 Å². The monoisotopic (exact) mass is 174 g/mol. The molecule has 4 heteroatoms. The van der Waals surface area contributed by atoms with Gasteiger partial charge in [0.15, 0.2) is 0 Å². The maximum atomic E-state index is 11.3. The average molecular weight is 174 g/mol. The Morgan fingerprint density at radius 2 is 2.25 bits per heavy atom. The summed E-state index contributed by atoms with van der Waals surface area (Å²) in [6.07, 6.45) is 0.580. The van der Waals surface area contributed by atoms with Crippen LogP contribution in [0.3, 0.4) is 0 Å². The second-order valence-corrected chi connectivity index (χ2v) is 3.33. The molecule has 2 atom stereocenters. The second kappa shape index (κ2) is 4.42. The van der Waals surface area contributed by atoms with Crippen LogP contribution in [0.25, 0.3) is 0 Å². The standard InChI is InChI=1S/C8H18N2O2/c1-4-8(3,9)7(12)10-6(2)5-11/h6,11H,4-5,9H2,1-3H3,(H,10,12)/t6-,8?/m1/s1. The number of amides is 1. The van der Waals surface area contributed by atoms with E-state index in [1.807, 2.05) is 6.92 Å². The molecule has 12 heavy (non-hydrogen) atoms. The summed E-state index contributed by atoms with van der Waals surface area (Å²) < 4.78 is 0. The van der Waals surface area contributed by atoms with Gasteiger partial charge in [0, 0.05) is 6.04 Å². The Bertz CT molecular complexity index is 157. The van der Waals surface area contributed by atoms with Crippen LogP contribution in [0.15, 0.2) is 0 Å². The summed E-state index contributed by atoms with van der Waals surface area (Å²) in [5, 5.41) is 11.3. The van der Waals surface area contributed by atoms with Crippen molar-refractivity contribution in [1.82, 2.24) is 5.32 Å². The van der Waals surface area contributed by atoms with E-state index in [-0.39, 0.29) is 18.6 Å². The topological polar surface area (TPSA) is 75.4 Å². The van der Waals surface area contributed by atoms with Crippen molar-refractivity contribution in [2.24, 2.45) is 5.73 Å². The normalized spacial score (nSPS) is 18.1. The molecule has 0 bridgehead atoms. The van der Waals surface area contributed by atoms with Crippen LogP contribution in [0.1, 0.15) is 27.2 Å². The van der Waals surface area contributed by atoms with Crippen molar-refractivity contribution in [3.63, 3.8) is 0 Å². The number of carbonyl (C=O) groups is 1. The van der Waals surface area contributed by atoms with Crippen LogP contribution in [-0.2, 0) is 4.79 Å². The molecule has 0 aromatic heterocycles. The molecule has 0 spiro atoms. The Morgan fingerprint density at radius 1 is 1.75 bits per heavy atom. The lowest BCUT2D eigenvalue weighted by atomic mass is 9.99. The molecule has 0 saturated heterocycles. The lowest BCUT2D eigenvalue weighted by Crippen LogP contribution is -2.53. The minimum Gasteiger partial charge on any atom is -0.394 e. The molecule has 0 heterocycles. The highest BCUT2D eigenvalue weighted by Gasteiger charge is 2.26. The van der Waals surface area contributed by atoms with Crippen molar-refractivity contribution >= 4 is 5.91 Å². The van der Waals surface area contributed by atoms with E-state index in [2.05, 4.69) is 5.32 Å². The molecule has 0 fully saturated rings. The molecule has 0 radical (unpaired) electrons. The number of rotatable bonds is 4. The van der Waals surface area contributed by atoms with E-state index in [0.29, 0.717) is 6.42 Å². The average Bonchev–Trinajstić information content (AvgIpc) is 2.04. The minimum absolute atomic E-state index is 0.0640. The molecule has 1 unspecified atom stereocenters. The number of hydrogen-bond acceptors (Lipinski definition) is 3. The summed E-state index contributed by atoms with van der Waals surface area (Å²) in [6, 6.07) is -0.230. The van der Waals surface area contributed by atoms with Gasteiger partial charge in [-0.05, 0) is 20.3 Å². The number of carbonyl (C=O) groups excluding carboxylic acids is 1. The van der Waals surface area contributed by atoms with Crippen LogP contribution in [-0.4, -0.2) is 29.2 Å². The molecular weight excluding hydrogens is 156 g/mol. The van der Waals surface area contributed by atoms with Gasteiger partial charge in [0.25, 0.3) is 0 Å². The Labute approximate surface area is 73.1 Å². The first-order chi connectivity index (χ1) is 5.44. The van der Waals surface area contributed by atoms with Crippen LogP contribution in [0.5, 0.6) is 0 Å². The number of aliphatic hydroxyl groups is 1. The third-order valence-corrected chi connectivity index (χ3v) is 1.90. The van der Waals surface area contributed by atoms with E-state index < -0.39 is 5.54 Å². The Kier molecular flexibility index (Phi) is 4.20. The minimum atomic E-state index is -0.830. The van der Waals surface area contributed by atoms with Gasteiger partial charge >= 0.3 is 0 Å². The smallest absolute Gasteiger partial charge is 0.240 e. The molecule has 0 aromatic rings. The van der Waals surface area contributed by atoms with Crippen molar-refractivity contribution in [2.75, 3.05) is 6.61 Å². The Balaban J connectivity index is 4.03. The van der Waals surface area contributed by atoms with E-state index in [0.717, 1.165) is 0 Å². The highest BCUT2D eigenvalue weighted by Crippen LogP contribution is 2.04. The van der Waals surface area contributed by atoms with Crippen molar-refractivity contribution < 1.29 is 9.90 Å². The molecule has 4 N–H and O–H groups in total. The van der Waals surface area contributed by atoms with E-state index in [4.69, 9.17) is 10.8 Å². The van der Waals surface area contributed by atoms with E-state index in [9.17, 15) is 4.79 Å². The summed E-state index contributed by atoms with van der Waals surface area (Å²) in [6.45, 7) is 5.19. The molecule has 0 saturated carbocycles. The zero-order valence-corrected chi connectivity index (χ0v) is 7.92. The van der Waals surface area contributed by atoms with Crippen LogP contribution in [0, 0.1) is 0 Å². The quantitative estimate of drug-likeness (QED) is 0.543. The van der Waals surface area contributed by atoms with Gasteiger partial charge in [0.05, 0.1) is 12.1 Å². The second-order valence-electron chi connectivity index (χ2n) is 3.33. The number of hydrogen-bond donors (Lipinski definition) is 3. The first-order valence-corrected chi connectivity index (χ1v) is 4.14. The zero-order valence-electron chi connectivity index (χ0n) is 7.92. The third kappa shape index (κ3) is 3.19. The number of nitrogens with one attached hydrogen (secondary N) is 1. The molecule has 0 aromatic carbocycles.